The zero-order chi connectivity index (χ0) is 9.68. The molecule has 3 nitrogen and oxygen atoms in total. The molecule has 0 aliphatic heterocycles. The zero-order valence-corrected chi connectivity index (χ0v) is 7.32. The van der Waals surface area contributed by atoms with Crippen LogP contribution in [0.25, 0.3) is 0 Å². The van der Waals surface area contributed by atoms with Crippen molar-refractivity contribution in [3.8, 4) is 0 Å². The van der Waals surface area contributed by atoms with Crippen LogP contribution in [0.1, 0.15) is 29.0 Å². The Morgan fingerprint density at radius 2 is 2.46 bits per heavy atom. The van der Waals surface area contributed by atoms with Crippen LogP contribution in [0.2, 0.25) is 0 Å². The largest absolute Gasteiger partial charge is 0.478 e. The molecule has 0 spiro atoms. The standard InChI is InChI=1S/C10H12O3/c1-2-3-4-5-9-8(10(11)12)6-7-13-9/h2,6-7H,1,3-5H2,(H,11,12). The number of furan rings is 1. The predicted molar refractivity (Wildman–Crippen MR) is 48.8 cm³/mol. The molecule has 0 aromatic carbocycles. The fourth-order valence-electron chi connectivity index (χ4n) is 1.13. The molecule has 13 heavy (non-hydrogen) atoms. The molecule has 0 bridgehead atoms. The minimum Gasteiger partial charge on any atom is -0.478 e. The number of allylic oxidation sites excluding steroid dienone is 1. The second kappa shape index (κ2) is 4.50. The Kier molecular flexibility index (Phi) is 3.31. The van der Waals surface area contributed by atoms with E-state index < -0.39 is 5.97 Å². The van der Waals surface area contributed by atoms with Crippen LogP contribution in [0.4, 0.5) is 0 Å². The number of unbranched alkanes of at least 4 members (excludes halogenated alkanes) is 1. The number of carboxylic acids is 1. The van der Waals surface area contributed by atoms with E-state index >= 15 is 0 Å². The van der Waals surface area contributed by atoms with Gasteiger partial charge in [0.25, 0.3) is 0 Å². The van der Waals surface area contributed by atoms with E-state index in [9.17, 15) is 4.79 Å². The molecule has 3 heteroatoms. The Morgan fingerprint density at radius 1 is 1.69 bits per heavy atom. The minimum atomic E-state index is -0.928. The van der Waals surface area contributed by atoms with Crippen LogP contribution in [0.5, 0.6) is 0 Å². The number of carboxylic acid groups (broad SMARTS) is 1. The van der Waals surface area contributed by atoms with E-state index in [1.54, 1.807) is 0 Å². The summed E-state index contributed by atoms with van der Waals surface area (Å²) in [6.07, 6.45) is 5.62. The highest BCUT2D eigenvalue weighted by Gasteiger charge is 2.11. The van der Waals surface area contributed by atoms with Crippen LogP contribution in [-0.2, 0) is 6.42 Å². The summed E-state index contributed by atoms with van der Waals surface area (Å²) in [4.78, 5) is 10.6. The Labute approximate surface area is 76.7 Å². The van der Waals surface area contributed by atoms with Gasteiger partial charge in [0.15, 0.2) is 0 Å². The van der Waals surface area contributed by atoms with Crippen molar-refractivity contribution >= 4 is 5.97 Å². The Morgan fingerprint density at radius 3 is 3.08 bits per heavy atom. The van der Waals surface area contributed by atoms with Crippen LogP contribution in [0, 0.1) is 0 Å². The lowest BCUT2D eigenvalue weighted by atomic mass is 10.1. The highest BCUT2D eigenvalue weighted by molar-refractivity contribution is 5.88. The van der Waals surface area contributed by atoms with Crippen LogP contribution in [0.3, 0.4) is 0 Å². The summed E-state index contributed by atoms with van der Waals surface area (Å²) in [5, 5.41) is 8.73. The lowest BCUT2D eigenvalue weighted by Crippen LogP contribution is -1.98. The van der Waals surface area contributed by atoms with E-state index in [0.29, 0.717) is 12.2 Å². The smallest absolute Gasteiger partial charge is 0.339 e. The summed E-state index contributed by atoms with van der Waals surface area (Å²) >= 11 is 0. The first-order chi connectivity index (χ1) is 6.25. The van der Waals surface area contributed by atoms with Gasteiger partial charge >= 0.3 is 5.97 Å². The first-order valence-corrected chi connectivity index (χ1v) is 4.16. The molecule has 0 aliphatic rings. The van der Waals surface area contributed by atoms with Gasteiger partial charge in [-0.05, 0) is 18.9 Å². The molecular weight excluding hydrogens is 168 g/mol. The molecule has 1 aromatic rings. The average Bonchev–Trinajstić information content (AvgIpc) is 2.53. The molecule has 1 aromatic heterocycles. The van der Waals surface area contributed by atoms with Crippen molar-refractivity contribution in [2.75, 3.05) is 0 Å². The van der Waals surface area contributed by atoms with E-state index in [0.717, 1.165) is 12.8 Å². The second-order valence-electron chi connectivity index (χ2n) is 2.74. The number of aryl methyl sites for hydroxylation is 1. The first kappa shape index (κ1) is 9.58. The molecule has 0 atom stereocenters. The van der Waals surface area contributed by atoms with E-state index in [-0.39, 0.29) is 5.56 Å². The summed E-state index contributed by atoms with van der Waals surface area (Å²) in [6, 6.07) is 1.48. The molecule has 0 radical (unpaired) electrons. The average molecular weight is 180 g/mol. The Hall–Kier alpha value is -1.51. The highest BCUT2D eigenvalue weighted by atomic mass is 16.4. The third-order valence-corrected chi connectivity index (χ3v) is 1.79. The van der Waals surface area contributed by atoms with E-state index in [1.165, 1.54) is 12.3 Å². The molecule has 0 saturated carbocycles. The van der Waals surface area contributed by atoms with Gasteiger partial charge < -0.3 is 9.52 Å². The Bertz CT molecular complexity index is 299. The van der Waals surface area contributed by atoms with Gasteiger partial charge in [-0.15, -0.1) is 6.58 Å². The van der Waals surface area contributed by atoms with Gasteiger partial charge in [0.05, 0.1) is 6.26 Å². The zero-order valence-electron chi connectivity index (χ0n) is 7.32. The molecule has 1 rings (SSSR count). The summed E-state index contributed by atoms with van der Waals surface area (Å²) in [7, 11) is 0. The predicted octanol–water partition coefficient (Wildman–Crippen LogP) is 2.49. The van der Waals surface area contributed by atoms with Gasteiger partial charge in [-0.25, -0.2) is 4.79 Å². The SMILES string of the molecule is C=CCCCc1occc1C(=O)O. The fourth-order valence-corrected chi connectivity index (χ4v) is 1.13. The number of rotatable bonds is 5. The summed E-state index contributed by atoms with van der Waals surface area (Å²) in [6.45, 7) is 3.59. The maximum atomic E-state index is 10.6. The summed E-state index contributed by atoms with van der Waals surface area (Å²) < 4.78 is 5.06. The van der Waals surface area contributed by atoms with Gasteiger partial charge in [-0.1, -0.05) is 6.08 Å². The fraction of sp³-hybridized carbons (Fsp3) is 0.300. The maximum absolute atomic E-state index is 10.6. The number of hydrogen-bond acceptors (Lipinski definition) is 2. The molecule has 1 heterocycles. The molecule has 1 N–H and O–H groups in total. The summed E-state index contributed by atoms with van der Waals surface area (Å²) in [5.41, 5.74) is 0.268. The van der Waals surface area contributed by atoms with Gasteiger partial charge in [0, 0.05) is 6.42 Å². The van der Waals surface area contributed by atoms with Crippen molar-refractivity contribution in [1.82, 2.24) is 0 Å². The summed E-state index contributed by atoms with van der Waals surface area (Å²) in [5.74, 6) is -0.378. The lowest BCUT2D eigenvalue weighted by Gasteiger charge is -1.96. The normalized spacial score (nSPS) is 9.85. The van der Waals surface area contributed by atoms with Gasteiger partial charge in [-0.2, -0.15) is 0 Å². The third kappa shape index (κ3) is 2.47. The van der Waals surface area contributed by atoms with Crippen molar-refractivity contribution in [2.45, 2.75) is 19.3 Å². The van der Waals surface area contributed by atoms with Gasteiger partial charge in [-0.3, -0.25) is 0 Å². The van der Waals surface area contributed by atoms with Crippen LogP contribution in [-0.4, -0.2) is 11.1 Å². The Balaban J connectivity index is 2.60. The highest BCUT2D eigenvalue weighted by Crippen LogP contribution is 2.13. The van der Waals surface area contributed by atoms with Crippen molar-refractivity contribution in [3.63, 3.8) is 0 Å². The molecule has 0 amide bonds. The van der Waals surface area contributed by atoms with Crippen LogP contribution in [0.15, 0.2) is 29.4 Å². The number of aromatic carboxylic acids is 1. The molecule has 70 valence electrons. The first-order valence-electron chi connectivity index (χ1n) is 4.16. The van der Waals surface area contributed by atoms with E-state index in [1.807, 2.05) is 6.08 Å². The lowest BCUT2D eigenvalue weighted by molar-refractivity contribution is 0.0694. The van der Waals surface area contributed by atoms with Crippen molar-refractivity contribution in [2.24, 2.45) is 0 Å². The van der Waals surface area contributed by atoms with Gasteiger partial charge in [0.2, 0.25) is 0 Å². The topological polar surface area (TPSA) is 50.4 Å². The van der Waals surface area contributed by atoms with Crippen molar-refractivity contribution in [1.29, 1.82) is 0 Å². The van der Waals surface area contributed by atoms with Crippen molar-refractivity contribution < 1.29 is 14.3 Å². The van der Waals surface area contributed by atoms with Crippen molar-refractivity contribution in [3.05, 3.63) is 36.3 Å². The van der Waals surface area contributed by atoms with E-state index in [4.69, 9.17) is 9.52 Å². The maximum Gasteiger partial charge on any atom is 0.339 e. The van der Waals surface area contributed by atoms with Crippen LogP contribution >= 0.6 is 0 Å². The third-order valence-electron chi connectivity index (χ3n) is 1.79. The molecule has 0 fully saturated rings. The molecular formula is C10H12O3. The second-order valence-corrected chi connectivity index (χ2v) is 2.74. The van der Waals surface area contributed by atoms with Gasteiger partial charge in [0.1, 0.15) is 11.3 Å². The minimum absolute atomic E-state index is 0.268. The molecule has 0 saturated heterocycles. The van der Waals surface area contributed by atoms with Crippen LogP contribution < -0.4 is 0 Å². The van der Waals surface area contributed by atoms with E-state index in [2.05, 4.69) is 6.58 Å². The quantitative estimate of drug-likeness (QED) is 0.559. The monoisotopic (exact) mass is 180 g/mol. The number of hydrogen-bond donors (Lipinski definition) is 1. The molecule has 0 aliphatic carbocycles. The number of carbonyl (C=O) groups is 1. The molecule has 0 unspecified atom stereocenters.